The fourth-order valence-electron chi connectivity index (χ4n) is 2.49. The first-order valence-electron chi connectivity index (χ1n) is 6.49. The number of rotatable bonds is 4. The van der Waals surface area contributed by atoms with Crippen molar-refractivity contribution in [2.75, 3.05) is 0 Å². The number of hydrogen-bond acceptors (Lipinski definition) is 3. The summed E-state index contributed by atoms with van der Waals surface area (Å²) < 4.78 is 13.6. The predicted octanol–water partition coefficient (Wildman–Crippen LogP) is 1.81. The van der Waals surface area contributed by atoms with Gasteiger partial charge in [0.2, 0.25) is 0 Å². The summed E-state index contributed by atoms with van der Waals surface area (Å²) in [5, 5.41) is 21.6. The highest BCUT2D eigenvalue weighted by Gasteiger charge is 2.34. The third-order valence-electron chi connectivity index (χ3n) is 3.69. The van der Waals surface area contributed by atoms with Crippen LogP contribution in [-0.2, 0) is 0 Å². The highest BCUT2D eigenvalue weighted by atomic mass is 19.1. The zero-order valence-electron chi connectivity index (χ0n) is 10.8. The largest absolute Gasteiger partial charge is 0.507 e. The van der Waals surface area contributed by atoms with E-state index in [9.17, 15) is 19.4 Å². The van der Waals surface area contributed by atoms with Crippen molar-refractivity contribution in [2.45, 2.75) is 38.3 Å². The molecule has 0 radical (unpaired) electrons. The minimum Gasteiger partial charge on any atom is -0.507 e. The molecular weight excluding hydrogens is 249 g/mol. The molecule has 0 saturated heterocycles. The van der Waals surface area contributed by atoms with E-state index < -0.39 is 11.7 Å². The van der Waals surface area contributed by atoms with Crippen LogP contribution in [0.4, 0.5) is 4.39 Å². The highest BCUT2D eigenvalue weighted by Crippen LogP contribution is 2.32. The highest BCUT2D eigenvalue weighted by molar-refractivity contribution is 5.97. The average Bonchev–Trinajstić information content (AvgIpc) is 2.32. The molecule has 1 amide bonds. The molecule has 104 valence electrons. The van der Waals surface area contributed by atoms with E-state index in [1.165, 1.54) is 12.1 Å². The Hall–Kier alpha value is -1.62. The van der Waals surface area contributed by atoms with Crippen molar-refractivity contribution in [2.24, 2.45) is 5.92 Å². The molecule has 5 heteroatoms. The molecule has 1 atom stereocenters. The van der Waals surface area contributed by atoms with Crippen LogP contribution < -0.4 is 5.32 Å². The lowest BCUT2D eigenvalue weighted by Gasteiger charge is -2.37. The summed E-state index contributed by atoms with van der Waals surface area (Å²) in [6.45, 7) is 1.93. The first kappa shape index (κ1) is 13.8. The normalized spacial score (nSPS) is 23.5. The van der Waals surface area contributed by atoms with Crippen LogP contribution in [0.3, 0.4) is 0 Å². The lowest BCUT2D eigenvalue weighted by molar-refractivity contribution is 0.0232. The van der Waals surface area contributed by atoms with Crippen molar-refractivity contribution in [1.82, 2.24) is 5.32 Å². The van der Waals surface area contributed by atoms with Gasteiger partial charge in [-0.15, -0.1) is 0 Å². The summed E-state index contributed by atoms with van der Waals surface area (Å²) >= 11 is 0. The molecule has 1 fully saturated rings. The van der Waals surface area contributed by atoms with E-state index >= 15 is 0 Å². The third kappa shape index (κ3) is 2.87. The Morgan fingerprint density at radius 1 is 1.53 bits per heavy atom. The molecular formula is C14H18FNO3. The molecule has 4 nitrogen and oxygen atoms in total. The topological polar surface area (TPSA) is 69.6 Å². The molecule has 0 bridgehead atoms. The summed E-state index contributed by atoms with van der Waals surface area (Å²) in [6, 6.07) is 3.67. The van der Waals surface area contributed by atoms with E-state index in [2.05, 4.69) is 5.32 Å². The maximum absolute atomic E-state index is 13.6. The number of aromatic hydroxyl groups is 1. The summed E-state index contributed by atoms with van der Waals surface area (Å²) in [5.41, 5.74) is -0.319. The van der Waals surface area contributed by atoms with Gasteiger partial charge in [-0.1, -0.05) is 13.0 Å². The first-order valence-corrected chi connectivity index (χ1v) is 6.49. The molecule has 1 aliphatic carbocycles. The van der Waals surface area contributed by atoms with Crippen LogP contribution in [0.2, 0.25) is 0 Å². The fourth-order valence-corrected chi connectivity index (χ4v) is 2.49. The Morgan fingerprint density at radius 2 is 2.21 bits per heavy atom. The Balaban J connectivity index is 2.07. The molecule has 1 aromatic carbocycles. The second-order valence-electron chi connectivity index (χ2n) is 5.01. The maximum atomic E-state index is 13.6. The molecule has 0 aliphatic heterocycles. The Labute approximate surface area is 111 Å². The van der Waals surface area contributed by atoms with Gasteiger partial charge in [-0.05, 0) is 37.3 Å². The molecule has 0 heterocycles. The van der Waals surface area contributed by atoms with Crippen molar-refractivity contribution >= 4 is 5.91 Å². The number of nitrogens with one attached hydrogen (secondary N) is 1. The average molecular weight is 267 g/mol. The van der Waals surface area contributed by atoms with Crippen LogP contribution in [0.25, 0.3) is 0 Å². The number of carbonyl (C=O) groups excluding carboxylic acids is 1. The Kier molecular flexibility index (Phi) is 4.04. The minimum absolute atomic E-state index is 0.102. The molecule has 1 saturated carbocycles. The number of phenolic OH excluding ortho intramolecular Hbond substituents is 1. The lowest BCUT2D eigenvalue weighted by Crippen LogP contribution is -2.46. The number of aliphatic hydroxyl groups is 1. The van der Waals surface area contributed by atoms with E-state index in [0.29, 0.717) is 19.3 Å². The molecule has 19 heavy (non-hydrogen) atoms. The zero-order valence-corrected chi connectivity index (χ0v) is 10.8. The van der Waals surface area contributed by atoms with Crippen LogP contribution in [0.1, 0.15) is 36.5 Å². The number of phenols is 1. The van der Waals surface area contributed by atoms with E-state index in [4.69, 9.17) is 0 Å². The molecule has 3 N–H and O–H groups in total. The van der Waals surface area contributed by atoms with Gasteiger partial charge >= 0.3 is 0 Å². The quantitative estimate of drug-likeness (QED) is 0.779. The van der Waals surface area contributed by atoms with Crippen molar-refractivity contribution in [1.29, 1.82) is 0 Å². The number of benzene rings is 1. The van der Waals surface area contributed by atoms with Crippen molar-refractivity contribution in [3.05, 3.63) is 29.6 Å². The summed E-state index contributed by atoms with van der Waals surface area (Å²) in [5.74, 6) is -1.48. The standard InChI is InChI=1S/C14H18FNO3/c1-2-11(8-6-9(17)7-8)16-14(19)13-10(15)4-3-5-12(13)18/h3-5,8-9,11,17-18H,2,6-7H2,1H3,(H,16,19). The SMILES string of the molecule is CCC(NC(=O)c1c(O)cccc1F)C1CC(O)C1. The van der Waals surface area contributed by atoms with Gasteiger partial charge in [0.25, 0.3) is 5.91 Å². The van der Waals surface area contributed by atoms with Crippen molar-refractivity contribution in [3.8, 4) is 5.75 Å². The molecule has 1 aliphatic rings. The van der Waals surface area contributed by atoms with Gasteiger partial charge < -0.3 is 15.5 Å². The Bertz CT molecular complexity index is 452. The minimum atomic E-state index is -0.735. The van der Waals surface area contributed by atoms with E-state index in [-0.39, 0.29) is 29.4 Å². The monoisotopic (exact) mass is 267 g/mol. The number of carbonyl (C=O) groups is 1. The molecule has 0 spiro atoms. The number of halogens is 1. The van der Waals surface area contributed by atoms with Crippen molar-refractivity contribution < 1.29 is 19.4 Å². The van der Waals surface area contributed by atoms with Crippen LogP contribution in [0, 0.1) is 11.7 Å². The third-order valence-corrected chi connectivity index (χ3v) is 3.69. The predicted molar refractivity (Wildman–Crippen MR) is 68.3 cm³/mol. The first-order chi connectivity index (χ1) is 9.02. The van der Waals surface area contributed by atoms with Gasteiger partial charge in [0.05, 0.1) is 6.10 Å². The molecule has 2 rings (SSSR count). The molecule has 0 aromatic heterocycles. The summed E-state index contributed by atoms with van der Waals surface area (Å²) in [6.07, 6.45) is 1.72. The van der Waals surface area contributed by atoms with E-state index in [1.54, 1.807) is 0 Å². The second-order valence-corrected chi connectivity index (χ2v) is 5.01. The number of aliphatic hydroxyl groups excluding tert-OH is 1. The van der Waals surface area contributed by atoms with Gasteiger partial charge in [0, 0.05) is 6.04 Å². The second kappa shape index (κ2) is 5.57. The smallest absolute Gasteiger partial charge is 0.258 e. The van der Waals surface area contributed by atoms with Gasteiger partial charge in [0.1, 0.15) is 17.1 Å². The van der Waals surface area contributed by atoms with Crippen molar-refractivity contribution in [3.63, 3.8) is 0 Å². The fraction of sp³-hybridized carbons (Fsp3) is 0.500. The van der Waals surface area contributed by atoms with E-state index in [1.807, 2.05) is 6.92 Å². The van der Waals surface area contributed by atoms with Crippen LogP contribution in [-0.4, -0.2) is 28.3 Å². The maximum Gasteiger partial charge on any atom is 0.258 e. The van der Waals surface area contributed by atoms with Gasteiger partial charge in [-0.2, -0.15) is 0 Å². The van der Waals surface area contributed by atoms with Gasteiger partial charge in [-0.25, -0.2) is 4.39 Å². The van der Waals surface area contributed by atoms with Gasteiger partial charge in [0.15, 0.2) is 0 Å². The molecule has 1 aromatic rings. The number of hydrogen-bond donors (Lipinski definition) is 3. The lowest BCUT2D eigenvalue weighted by atomic mass is 9.76. The number of amides is 1. The zero-order chi connectivity index (χ0) is 14.0. The van der Waals surface area contributed by atoms with Gasteiger partial charge in [-0.3, -0.25) is 4.79 Å². The van der Waals surface area contributed by atoms with Crippen LogP contribution >= 0.6 is 0 Å². The van der Waals surface area contributed by atoms with E-state index in [0.717, 1.165) is 6.07 Å². The summed E-state index contributed by atoms with van der Waals surface area (Å²) in [7, 11) is 0. The Morgan fingerprint density at radius 3 is 2.74 bits per heavy atom. The summed E-state index contributed by atoms with van der Waals surface area (Å²) in [4.78, 5) is 12.0. The van der Waals surface area contributed by atoms with Crippen LogP contribution in [0.15, 0.2) is 18.2 Å². The van der Waals surface area contributed by atoms with Crippen LogP contribution in [0.5, 0.6) is 5.75 Å². The molecule has 1 unspecified atom stereocenters.